The van der Waals surface area contributed by atoms with Crippen LogP contribution in [0.15, 0.2) is 54.6 Å². The molecule has 0 unspecified atom stereocenters. The van der Waals surface area contributed by atoms with Crippen LogP contribution in [0.4, 0.5) is 13.2 Å². The maximum absolute atomic E-state index is 14.7. The lowest BCUT2D eigenvalue weighted by molar-refractivity contribution is -0.185. The third-order valence-corrected chi connectivity index (χ3v) is 4.62. The van der Waals surface area contributed by atoms with Gasteiger partial charge >= 0.3 is 6.11 Å². The Labute approximate surface area is 157 Å². The van der Waals surface area contributed by atoms with E-state index in [1.54, 1.807) is 26.0 Å². The van der Waals surface area contributed by atoms with Gasteiger partial charge in [-0.2, -0.15) is 8.78 Å². The molecule has 3 rings (SSSR count). The highest BCUT2D eigenvalue weighted by molar-refractivity contribution is 5.68. The van der Waals surface area contributed by atoms with Crippen molar-refractivity contribution < 1.29 is 17.9 Å². The molecule has 0 aliphatic heterocycles. The van der Waals surface area contributed by atoms with Gasteiger partial charge in [-0.15, -0.1) is 0 Å². The van der Waals surface area contributed by atoms with Crippen LogP contribution < -0.4 is 4.74 Å². The second kappa shape index (κ2) is 7.10. The van der Waals surface area contributed by atoms with Gasteiger partial charge in [0.1, 0.15) is 11.6 Å². The van der Waals surface area contributed by atoms with Gasteiger partial charge in [0.15, 0.2) is 0 Å². The summed E-state index contributed by atoms with van der Waals surface area (Å²) in [6.07, 6.45) is -3.56. The fourth-order valence-electron chi connectivity index (χ4n) is 3.14. The predicted octanol–water partition coefficient (Wildman–Crippen LogP) is 6.85. The van der Waals surface area contributed by atoms with Crippen LogP contribution in [0.5, 0.6) is 5.75 Å². The highest BCUT2D eigenvalue weighted by atomic mass is 19.3. The highest BCUT2D eigenvalue weighted by Gasteiger charge is 2.36. The number of benzene rings is 3. The van der Waals surface area contributed by atoms with Gasteiger partial charge in [0.2, 0.25) is 0 Å². The summed E-state index contributed by atoms with van der Waals surface area (Å²) >= 11 is 0. The van der Waals surface area contributed by atoms with E-state index in [1.165, 1.54) is 18.2 Å². The maximum Gasteiger partial charge on any atom is 0.426 e. The number of hydrogen-bond acceptors (Lipinski definition) is 1. The molecule has 0 heterocycles. The minimum atomic E-state index is -3.56. The van der Waals surface area contributed by atoms with Gasteiger partial charge in [-0.25, -0.2) is 4.39 Å². The molecule has 0 aliphatic carbocycles. The first kappa shape index (κ1) is 19.0. The molecule has 3 aromatic carbocycles. The summed E-state index contributed by atoms with van der Waals surface area (Å²) in [5, 5.41) is 0. The fourth-order valence-corrected chi connectivity index (χ4v) is 3.14. The van der Waals surface area contributed by atoms with E-state index in [4.69, 9.17) is 4.74 Å². The minimum absolute atomic E-state index is 0.207. The zero-order valence-corrected chi connectivity index (χ0v) is 15.7. The Kier molecular flexibility index (Phi) is 5.01. The first-order chi connectivity index (χ1) is 12.7. The van der Waals surface area contributed by atoms with Gasteiger partial charge in [0, 0.05) is 6.07 Å². The Morgan fingerprint density at radius 2 is 1.48 bits per heavy atom. The summed E-state index contributed by atoms with van der Waals surface area (Å²) in [5.41, 5.74) is 4.64. The molecule has 0 bridgehead atoms. The SMILES string of the molecule is Cc1ccc(-c2ccc(C(F)(F)Oc3ccc(C)c(F)c3)c(C)c2)c(C)c1. The topological polar surface area (TPSA) is 9.23 Å². The lowest BCUT2D eigenvalue weighted by atomic mass is 9.95. The van der Waals surface area contributed by atoms with Crippen LogP contribution in [0.2, 0.25) is 0 Å². The van der Waals surface area contributed by atoms with Gasteiger partial charge in [-0.1, -0.05) is 42.0 Å². The third-order valence-electron chi connectivity index (χ3n) is 4.62. The third kappa shape index (κ3) is 4.00. The molecule has 140 valence electrons. The van der Waals surface area contributed by atoms with E-state index < -0.39 is 11.9 Å². The number of aryl methyl sites for hydroxylation is 4. The van der Waals surface area contributed by atoms with Gasteiger partial charge < -0.3 is 4.74 Å². The second-order valence-electron chi connectivity index (χ2n) is 6.88. The Hall–Kier alpha value is -2.75. The summed E-state index contributed by atoms with van der Waals surface area (Å²) < 4.78 is 47.7. The van der Waals surface area contributed by atoms with Crippen molar-refractivity contribution in [3.8, 4) is 16.9 Å². The number of rotatable bonds is 4. The van der Waals surface area contributed by atoms with E-state index in [0.717, 1.165) is 28.3 Å². The molecule has 0 atom stereocenters. The first-order valence-corrected chi connectivity index (χ1v) is 8.69. The molecular formula is C23H21F3O. The predicted molar refractivity (Wildman–Crippen MR) is 102 cm³/mol. The van der Waals surface area contributed by atoms with Gasteiger partial charge in [-0.3, -0.25) is 0 Å². The number of alkyl halides is 2. The van der Waals surface area contributed by atoms with Crippen molar-refractivity contribution in [2.24, 2.45) is 0 Å². The van der Waals surface area contributed by atoms with Gasteiger partial charge in [0.05, 0.1) is 5.56 Å². The summed E-state index contributed by atoms with van der Waals surface area (Å²) in [7, 11) is 0. The fraction of sp³-hybridized carbons (Fsp3) is 0.217. The van der Waals surface area contributed by atoms with Crippen LogP contribution >= 0.6 is 0 Å². The average molecular weight is 370 g/mol. The lowest BCUT2D eigenvalue weighted by Gasteiger charge is -2.21. The van der Waals surface area contributed by atoms with E-state index >= 15 is 0 Å². The van der Waals surface area contributed by atoms with Crippen molar-refractivity contribution in [3.63, 3.8) is 0 Å². The van der Waals surface area contributed by atoms with Crippen molar-refractivity contribution in [1.29, 1.82) is 0 Å². The summed E-state index contributed by atoms with van der Waals surface area (Å²) in [4.78, 5) is 0. The molecule has 27 heavy (non-hydrogen) atoms. The molecule has 0 spiro atoms. The maximum atomic E-state index is 14.7. The van der Waals surface area contributed by atoms with Crippen LogP contribution in [0.1, 0.15) is 27.8 Å². The molecular weight excluding hydrogens is 349 g/mol. The Morgan fingerprint density at radius 1 is 0.741 bits per heavy atom. The summed E-state index contributed by atoms with van der Waals surface area (Å²) in [6.45, 7) is 7.19. The molecule has 0 saturated heterocycles. The van der Waals surface area contributed by atoms with E-state index in [2.05, 4.69) is 6.07 Å². The van der Waals surface area contributed by atoms with Gasteiger partial charge in [0.25, 0.3) is 0 Å². The molecule has 0 fully saturated rings. The molecule has 1 nitrogen and oxygen atoms in total. The largest absolute Gasteiger partial charge is 0.429 e. The van der Waals surface area contributed by atoms with Crippen molar-refractivity contribution >= 4 is 0 Å². The highest BCUT2D eigenvalue weighted by Crippen LogP contribution is 2.36. The number of hydrogen-bond donors (Lipinski definition) is 0. The standard InChI is InChI=1S/C23H21F3O/c1-14-5-9-20(16(3)11-14)18-7-10-21(17(4)12-18)23(25,26)27-19-8-6-15(2)22(24)13-19/h5-13H,1-4H3. The van der Waals surface area contributed by atoms with Crippen LogP contribution in [0.25, 0.3) is 11.1 Å². The van der Waals surface area contributed by atoms with Gasteiger partial charge in [-0.05, 0) is 67.6 Å². The van der Waals surface area contributed by atoms with E-state index in [1.807, 2.05) is 26.0 Å². The zero-order valence-electron chi connectivity index (χ0n) is 15.7. The van der Waals surface area contributed by atoms with Crippen molar-refractivity contribution in [2.45, 2.75) is 33.8 Å². The summed E-state index contributed by atoms with van der Waals surface area (Å²) in [5.74, 6) is -0.786. The molecule has 0 aromatic heterocycles. The Morgan fingerprint density at radius 3 is 2.11 bits per heavy atom. The van der Waals surface area contributed by atoms with Crippen molar-refractivity contribution in [2.75, 3.05) is 0 Å². The minimum Gasteiger partial charge on any atom is -0.429 e. The molecule has 4 heteroatoms. The normalized spacial score (nSPS) is 11.5. The molecule has 0 aliphatic rings. The van der Waals surface area contributed by atoms with Crippen LogP contribution in [0, 0.1) is 33.5 Å². The number of halogens is 3. The smallest absolute Gasteiger partial charge is 0.426 e. The molecule has 0 saturated carbocycles. The number of ether oxygens (including phenoxy) is 1. The monoisotopic (exact) mass is 370 g/mol. The summed E-state index contributed by atoms with van der Waals surface area (Å²) in [6, 6.07) is 14.5. The second-order valence-corrected chi connectivity index (χ2v) is 6.88. The first-order valence-electron chi connectivity index (χ1n) is 8.69. The van der Waals surface area contributed by atoms with E-state index in [9.17, 15) is 13.2 Å². The molecule has 0 amide bonds. The van der Waals surface area contributed by atoms with E-state index in [-0.39, 0.29) is 11.3 Å². The lowest BCUT2D eigenvalue weighted by Crippen LogP contribution is -2.23. The van der Waals surface area contributed by atoms with Crippen LogP contribution in [0.3, 0.4) is 0 Å². The molecule has 0 radical (unpaired) electrons. The van der Waals surface area contributed by atoms with Crippen molar-refractivity contribution in [3.05, 3.63) is 88.2 Å². The van der Waals surface area contributed by atoms with Crippen LogP contribution in [-0.2, 0) is 6.11 Å². The van der Waals surface area contributed by atoms with Crippen molar-refractivity contribution in [1.82, 2.24) is 0 Å². The Bertz CT molecular complexity index is 993. The zero-order chi connectivity index (χ0) is 19.8. The molecule has 3 aromatic rings. The quantitative estimate of drug-likeness (QED) is 0.488. The Balaban J connectivity index is 1.93. The molecule has 0 N–H and O–H groups in total. The van der Waals surface area contributed by atoms with Crippen LogP contribution in [-0.4, -0.2) is 0 Å². The van der Waals surface area contributed by atoms with E-state index in [0.29, 0.717) is 11.1 Å². The average Bonchev–Trinajstić information content (AvgIpc) is 2.57.